The SMILES string of the molecule is CSCCC(NC(=O)c1cccc([N+](=O)[O-])c1)C(=O)NCC1Cc2ccccc2O1. The molecule has 0 bridgehead atoms. The van der Waals surface area contributed by atoms with Gasteiger partial charge >= 0.3 is 0 Å². The van der Waals surface area contributed by atoms with Gasteiger partial charge in [-0.05, 0) is 36.1 Å². The summed E-state index contributed by atoms with van der Waals surface area (Å²) in [4.78, 5) is 35.7. The number of carbonyl (C=O) groups is 2. The number of non-ortho nitro benzene ring substituents is 1. The van der Waals surface area contributed by atoms with Crippen molar-refractivity contribution >= 4 is 29.3 Å². The largest absolute Gasteiger partial charge is 0.488 e. The molecule has 2 amide bonds. The van der Waals surface area contributed by atoms with E-state index in [0.29, 0.717) is 25.1 Å². The first-order chi connectivity index (χ1) is 14.5. The number of benzene rings is 2. The van der Waals surface area contributed by atoms with Crippen LogP contribution in [0.2, 0.25) is 0 Å². The van der Waals surface area contributed by atoms with Gasteiger partial charge in [0.05, 0.1) is 11.5 Å². The Morgan fingerprint density at radius 2 is 2.07 bits per heavy atom. The second-order valence-electron chi connectivity index (χ2n) is 6.91. The summed E-state index contributed by atoms with van der Waals surface area (Å²) in [5.41, 5.74) is 1.07. The number of nitrogens with one attached hydrogen (secondary N) is 2. The van der Waals surface area contributed by atoms with Crippen LogP contribution in [0, 0.1) is 10.1 Å². The van der Waals surface area contributed by atoms with Crippen LogP contribution in [0.1, 0.15) is 22.3 Å². The molecule has 2 aromatic rings. The van der Waals surface area contributed by atoms with E-state index in [1.54, 1.807) is 11.8 Å². The zero-order chi connectivity index (χ0) is 21.5. The topological polar surface area (TPSA) is 111 Å². The number of amides is 2. The fourth-order valence-corrected chi connectivity index (χ4v) is 3.68. The normalized spacial score (nSPS) is 15.6. The molecule has 0 aromatic heterocycles. The smallest absolute Gasteiger partial charge is 0.270 e. The van der Waals surface area contributed by atoms with Crippen molar-refractivity contribution in [3.63, 3.8) is 0 Å². The van der Waals surface area contributed by atoms with Gasteiger partial charge in [-0.15, -0.1) is 0 Å². The monoisotopic (exact) mass is 429 g/mol. The number of hydrogen-bond donors (Lipinski definition) is 2. The highest BCUT2D eigenvalue weighted by molar-refractivity contribution is 7.98. The van der Waals surface area contributed by atoms with Gasteiger partial charge < -0.3 is 15.4 Å². The summed E-state index contributed by atoms with van der Waals surface area (Å²) < 4.78 is 5.83. The molecule has 9 heteroatoms. The summed E-state index contributed by atoms with van der Waals surface area (Å²) in [5.74, 6) is 0.681. The van der Waals surface area contributed by atoms with Crippen LogP contribution in [-0.4, -0.2) is 47.4 Å². The Hall–Kier alpha value is -3.07. The Bertz CT molecular complexity index is 911. The molecule has 0 spiro atoms. The average Bonchev–Trinajstić information content (AvgIpc) is 3.18. The lowest BCUT2D eigenvalue weighted by Crippen LogP contribution is -2.49. The van der Waals surface area contributed by atoms with Crippen LogP contribution in [0.3, 0.4) is 0 Å². The number of hydrogen-bond acceptors (Lipinski definition) is 6. The molecule has 3 rings (SSSR count). The van der Waals surface area contributed by atoms with Crippen LogP contribution in [-0.2, 0) is 11.2 Å². The molecule has 2 N–H and O–H groups in total. The van der Waals surface area contributed by atoms with Crippen molar-refractivity contribution < 1.29 is 19.2 Å². The molecule has 0 radical (unpaired) electrons. The number of nitro benzene ring substituents is 1. The van der Waals surface area contributed by atoms with Crippen LogP contribution >= 0.6 is 11.8 Å². The maximum absolute atomic E-state index is 12.7. The van der Waals surface area contributed by atoms with E-state index in [4.69, 9.17) is 4.74 Å². The van der Waals surface area contributed by atoms with Gasteiger partial charge in [0.25, 0.3) is 11.6 Å². The van der Waals surface area contributed by atoms with Gasteiger partial charge in [0.1, 0.15) is 17.9 Å². The summed E-state index contributed by atoms with van der Waals surface area (Å²) >= 11 is 1.57. The quantitative estimate of drug-likeness (QED) is 0.468. The third-order valence-electron chi connectivity index (χ3n) is 4.77. The summed E-state index contributed by atoms with van der Waals surface area (Å²) in [5, 5.41) is 16.5. The third kappa shape index (κ3) is 5.50. The highest BCUT2D eigenvalue weighted by Gasteiger charge is 2.26. The molecule has 2 unspecified atom stereocenters. The molecular weight excluding hydrogens is 406 g/mol. The van der Waals surface area contributed by atoms with Crippen LogP contribution in [0.5, 0.6) is 5.75 Å². The highest BCUT2D eigenvalue weighted by Crippen LogP contribution is 2.27. The lowest BCUT2D eigenvalue weighted by Gasteiger charge is -2.19. The molecule has 0 aliphatic carbocycles. The summed E-state index contributed by atoms with van der Waals surface area (Å²) in [6, 6.07) is 12.4. The highest BCUT2D eigenvalue weighted by atomic mass is 32.2. The van der Waals surface area contributed by atoms with Crippen LogP contribution < -0.4 is 15.4 Å². The molecule has 1 heterocycles. The van der Waals surface area contributed by atoms with E-state index >= 15 is 0 Å². The summed E-state index contributed by atoms with van der Waals surface area (Å²) in [7, 11) is 0. The molecule has 0 saturated carbocycles. The minimum atomic E-state index is -0.743. The molecule has 8 nitrogen and oxygen atoms in total. The van der Waals surface area contributed by atoms with Crippen molar-refractivity contribution in [2.75, 3.05) is 18.6 Å². The van der Waals surface area contributed by atoms with E-state index in [9.17, 15) is 19.7 Å². The Kier molecular flexibility index (Phi) is 7.29. The van der Waals surface area contributed by atoms with Crippen LogP contribution in [0.4, 0.5) is 5.69 Å². The van der Waals surface area contributed by atoms with Gasteiger partial charge in [-0.1, -0.05) is 24.3 Å². The molecule has 30 heavy (non-hydrogen) atoms. The fraction of sp³-hybridized carbons (Fsp3) is 0.333. The van der Waals surface area contributed by atoms with Gasteiger partial charge in [-0.25, -0.2) is 0 Å². The van der Waals surface area contributed by atoms with E-state index in [1.165, 1.54) is 24.3 Å². The predicted octanol–water partition coefficient (Wildman–Crippen LogP) is 2.57. The van der Waals surface area contributed by atoms with Gasteiger partial charge in [0, 0.05) is 24.1 Å². The van der Waals surface area contributed by atoms with E-state index < -0.39 is 16.9 Å². The van der Waals surface area contributed by atoms with Crippen molar-refractivity contribution in [2.24, 2.45) is 0 Å². The molecule has 158 valence electrons. The van der Waals surface area contributed by atoms with Gasteiger partial charge in [-0.3, -0.25) is 19.7 Å². The summed E-state index contributed by atoms with van der Waals surface area (Å²) in [6.07, 6.45) is 2.92. The number of para-hydroxylation sites is 1. The van der Waals surface area contributed by atoms with E-state index in [-0.39, 0.29) is 23.3 Å². The first-order valence-corrected chi connectivity index (χ1v) is 10.9. The predicted molar refractivity (Wildman–Crippen MR) is 115 cm³/mol. The number of nitrogens with zero attached hydrogens (tertiary/aromatic N) is 1. The second-order valence-corrected chi connectivity index (χ2v) is 7.90. The molecule has 1 aliphatic heterocycles. The zero-order valence-electron chi connectivity index (χ0n) is 16.5. The molecular formula is C21H23N3O5S. The summed E-state index contributed by atoms with van der Waals surface area (Å²) in [6.45, 7) is 0.329. The van der Waals surface area contributed by atoms with E-state index in [1.807, 2.05) is 30.5 Å². The number of carbonyl (C=O) groups excluding carboxylic acids is 2. The molecule has 0 fully saturated rings. The van der Waals surface area contributed by atoms with Crippen LogP contribution in [0.15, 0.2) is 48.5 Å². The van der Waals surface area contributed by atoms with E-state index in [2.05, 4.69) is 10.6 Å². The van der Waals surface area contributed by atoms with Gasteiger partial charge in [0.15, 0.2) is 0 Å². The van der Waals surface area contributed by atoms with Gasteiger partial charge in [-0.2, -0.15) is 11.8 Å². The zero-order valence-corrected chi connectivity index (χ0v) is 17.3. The van der Waals surface area contributed by atoms with Crippen molar-refractivity contribution in [2.45, 2.75) is 25.0 Å². The molecule has 2 aromatic carbocycles. The minimum Gasteiger partial charge on any atom is -0.488 e. The Labute approximate surface area is 178 Å². The van der Waals surface area contributed by atoms with Crippen molar-refractivity contribution in [1.82, 2.24) is 10.6 Å². The van der Waals surface area contributed by atoms with E-state index in [0.717, 1.165) is 11.3 Å². The van der Waals surface area contributed by atoms with Crippen LogP contribution in [0.25, 0.3) is 0 Å². The number of ether oxygens (including phenoxy) is 1. The number of rotatable bonds is 9. The van der Waals surface area contributed by atoms with Crippen molar-refractivity contribution in [1.29, 1.82) is 0 Å². The maximum Gasteiger partial charge on any atom is 0.270 e. The first kappa shape index (κ1) is 21.6. The number of nitro groups is 1. The molecule has 2 atom stereocenters. The first-order valence-electron chi connectivity index (χ1n) is 9.54. The van der Waals surface area contributed by atoms with Crippen molar-refractivity contribution in [3.8, 4) is 5.75 Å². The third-order valence-corrected chi connectivity index (χ3v) is 5.41. The Morgan fingerprint density at radius 3 is 2.80 bits per heavy atom. The minimum absolute atomic E-state index is 0.140. The standard InChI is InChI=1S/C21H23N3O5S/c1-30-10-9-18(23-20(25)15-6-4-7-16(11-15)24(27)28)21(26)22-13-17-12-14-5-2-3-8-19(14)29-17/h2-8,11,17-18H,9-10,12-13H2,1H3,(H,22,26)(H,23,25). The average molecular weight is 429 g/mol. The Morgan fingerprint density at radius 1 is 1.27 bits per heavy atom. The Balaban J connectivity index is 1.59. The van der Waals surface area contributed by atoms with Gasteiger partial charge in [0.2, 0.25) is 5.91 Å². The second kappa shape index (κ2) is 10.1. The number of thioether (sulfide) groups is 1. The lowest BCUT2D eigenvalue weighted by atomic mass is 10.1. The fourth-order valence-electron chi connectivity index (χ4n) is 3.21. The molecule has 0 saturated heterocycles. The number of fused-ring (bicyclic) bond motifs is 1. The maximum atomic E-state index is 12.7. The molecule has 1 aliphatic rings. The lowest BCUT2D eigenvalue weighted by molar-refractivity contribution is -0.384. The van der Waals surface area contributed by atoms with Crippen molar-refractivity contribution in [3.05, 3.63) is 69.8 Å².